The minimum atomic E-state index is 0.850. The van der Waals surface area contributed by atoms with Gasteiger partial charge in [-0.2, -0.15) is 5.10 Å². The second-order valence-corrected chi connectivity index (χ2v) is 5.26. The molecule has 0 aliphatic heterocycles. The number of hydrogen-bond acceptors (Lipinski definition) is 2. The van der Waals surface area contributed by atoms with E-state index in [1.807, 2.05) is 18.7 Å². The van der Waals surface area contributed by atoms with Crippen molar-refractivity contribution in [2.24, 2.45) is 7.05 Å². The van der Waals surface area contributed by atoms with E-state index in [9.17, 15) is 0 Å². The van der Waals surface area contributed by atoms with Crippen molar-refractivity contribution in [1.29, 1.82) is 0 Å². The van der Waals surface area contributed by atoms with E-state index in [-0.39, 0.29) is 0 Å². The Morgan fingerprint density at radius 1 is 1.29 bits per heavy atom. The Morgan fingerprint density at radius 3 is 2.71 bits per heavy atom. The van der Waals surface area contributed by atoms with Gasteiger partial charge in [-0.1, -0.05) is 18.2 Å². The highest BCUT2D eigenvalue weighted by Gasteiger charge is 2.02. The smallest absolute Gasteiger partial charge is 0.0597 e. The fourth-order valence-electron chi connectivity index (χ4n) is 1.80. The second-order valence-electron chi connectivity index (χ2n) is 4.10. The van der Waals surface area contributed by atoms with Crippen LogP contribution < -0.4 is 5.32 Å². The molecule has 0 aliphatic carbocycles. The van der Waals surface area contributed by atoms with Crippen molar-refractivity contribution < 1.29 is 0 Å². The molecule has 1 aromatic heterocycles. The van der Waals surface area contributed by atoms with Crippen LogP contribution in [0.25, 0.3) is 0 Å². The van der Waals surface area contributed by atoms with E-state index in [0.29, 0.717) is 0 Å². The maximum Gasteiger partial charge on any atom is 0.0597 e. The molecule has 0 unspecified atom stereocenters. The molecule has 0 bridgehead atoms. The summed E-state index contributed by atoms with van der Waals surface area (Å²) >= 11 is 2.37. The topological polar surface area (TPSA) is 29.9 Å². The van der Waals surface area contributed by atoms with Crippen molar-refractivity contribution in [3.8, 4) is 0 Å². The summed E-state index contributed by atoms with van der Waals surface area (Å²) in [6.45, 7) is 3.76. The molecule has 17 heavy (non-hydrogen) atoms. The van der Waals surface area contributed by atoms with Gasteiger partial charge in [0, 0.05) is 23.7 Å². The monoisotopic (exact) mass is 341 g/mol. The molecule has 0 aliphatic rings. The molecule has 2 rings (SSSR count). The molecule has 0 atom stereocenters. The van der Waals surface area contributed by atoms with Crippen LogP contribution in [0.5, 0.6) is 0 Å². The van der Waals surface area contributed by atoms with Crippen LogP contribution in [0.15, 0.2) is 30.3 Å². The van der Waals surface area contributed by atoms with Crippen molar-refractivity contribution in [2.75, 3.05) is 0 Å². The zero-order valence-electron chi connectivity index (χ0n) is 10.1. The van der Waals surface area contributed by atoms with Gasteiger partial charge in [-0.3, -0.25) is 4.68 Å². The van der Waals surface area contributed by atoms with Gasteiger partial charge in [0.1, 0.15) is 0 Å². The molecular weight excluding hydrogens is 325 g/mol. The summed E-state index contributed by atoms with van der Waals surface area (Å²) in [5.41, 5.74) is 3.62. The number of halogens is 1. The van der Waals surface area contributed by atoms with E-state index < -0.39 is 0 Å². The number of aromatic nitrogens is 2. The lowest BCUT2D eigenvalue weighted by Crippen LogP contribution is -2.15. The summed E-state index contributed by atoms with van der Waals surface area (Å²) in [5, 5.41) is 7.78. The Balaban J connectivity index is 1.92. The second kappa shape index (κ2) is 5.64. The first-order valence-corrected chi connectivity index (χ1v) is 6.68. The highest BCUT2D eigenvalue weighted by Crippen LogP contribution is 2.11. The molecule has 0 saturated carbocycles. The first-order chi connectivity index (χ1) is 8.16. The molecule has 4 heteroatoms. The van der Waals surface area contributed by atoms with Crippen LogP contribution in [0.4, 0.5) is 0 Å². The van der Waals surface area contributed by atoms with Crippen LogP contribution in [-0.4, -0.2) is 9.78 Å². The first-order valence-electron chi connectivity index (χ1n) is 5.60. The zero-order chi connectivity index (χ0) is 12.3. The first kappa shape index (κ1) is 12.6. The average molecular weight is 341 g/mol. The molecule has 1 aromatic carbocycles. The number of hydrogen-bond donors (Lipinski definition) is 1. The molecule has 0 fully saturated rings. The van der Waals surface area contributed by atoms with Gasteiger partial charge in [0.25, 0.3) is 0 Å². The predicted molar refractivity (Wildman–Crippen MR) is 77.6 cm³/mol. The van der Waals surface area contributed by atoms with Crippen molar-refractivity contribution in [2.45, 2.75) is 20.0 Å². The number of nitrogens with zero attached hydrogens (tertiary/aromatic N) is 2. The molecule has 1 heterocycles. The van der Waals surface area contributed by atoms with Crippen LogP contribution in [0.2, 0.25) is 0 Å². The summed E-state index contributed by atoms with van der Waals surface area (Å²) in [5.74, 6) is 0. The van der Waals surface area contributed by atoms with Gasteiger partial charge in [0.05, 0.1) is 11.4 Å². The maximum atomic E-state index is 4.33. The van der Waals surface area contributed by atoms with Crippen LogP contribution in [0, 0.1) is 10.5 Å². The molecule has 0 amide bonds. The molecule has 1 N–H and O–H groups in total. The van der Waals surface area contributed by atoms with Crippen molar-refractivity contribution in [3.05, 3.63) is 50.9 Å². The third kappa shape index (κ3) is 3.29. The van der Waals surface area contributed by atoms with Gasteiger partial charge < -0.3 is 5.32 Å². The lowest BCUT2D eigenvalue weighted by molar-refractivity contribution is 0.624. The minimum absolute atomic E-state index is 0.850. The molecule has 0 spiro atoms. The van der Waals surface area contributed by atoms with Gasteiger partial charge in [-0.05, 0) is 47.2 Å². The Kier molecular flexibility index (Phi) is 4.17. The molecular formula is C13H16IN3. The van der Waals surface area contributed by atoms with Crippen LogP contribution in [0.1, 0.15) is 17.0 Å². The van der Waals surface area contributed by atoms with E-state index in [1.54, 1.807) is 0 Å². The Morgan fingerprint density at radius 2 is 2.06 bits per heavy atom. The molecule has 0 radical (unpaired) electrons. The number of rotatable bonds is 4. The van der Waals surface area contributed by atoms with Gasteiger partial charge in [-0.25, -0.2) is 0 Å². The summed E-state index contributed by atoms with van der Waals surface area (Å²) in [6.07, 6.45) is 0. The lowest BCUT2D eigenvalue weighted by Gasteiger charge is -2.06. The Hall–Kier alpha value is -0.880. The van der Waals surface area contributed by atoms with Crippen molar-refractivity contribution in [3.63, 3.8) is 0 Å². The minimum Gasteiger partial charge on any atom is -0.307 e. The zero-order valence-corrected chi connectivity index (χ0v) is 12.2. The normalized spacial score (nSPS) is 10.8. The Bertz CT molecular complexity index is 505. The third-order valence-corrected chi connectivity index (χ3v) is 3.73. The lowest BCUT2D eigenvalue weighted by atomic mass is 10.2. The maximum absolute atomic E-state index is 4.33. The van der Waals surface area contributed by atoms with Gasteiger partial charge >= 0.3 is 0 Å². The molecule has 90 valence electrons. The summed E-state index contributed by atoms with van der Waals surface area (Å²) in [6, 6.07) is 10.5. The summed E-state index contributed by atoms with van der Waals surface area (Å²) < 4.78 is 3.23. The SMILES string of the molecule is Cc1cc(CNCc2ccccc2I)n(C)n1. The largest absolute Gasteiger partial charge is 0.307 e. The quantitative estimate of drug-likeness (QED) is 0.867. The standard InChI is InChI=1S/C13H16IN3/c1-10-7-12(17(2)16-10)9-15-8-11-5-3-4-6-13(11)14/h3-7,15H,8-9H2,1-2H3. The van der Waals surface area contributed by atoms with Crippen LogP contribution in [0.3, 0.4) is 0 Å². The average Bonchev–Trinajstić information content (AvgIpc) is 2.60. The van der Waals surface area contributed by atoms with E-state index in [1.165, 1.54) is 14.8 Å². The number of nitrogens with one attached hydrogen (secondary N) is 1. The molecule has 3 nitrogen and oxygen atoms in total. The van der Waals surface area contributed by atoms with E-state index in [2.05, 4.69) is 63.3 Å². The van der Waals surface area contributed by atoms with E-state index >= 15 is 0 Å². The van der Waals surface area contributed by atoms with Crippen molar-refractivity contribution in [1.82, 2.24) is 15.1 Å². The third-order valence-electron chi connectivity index (χ3n) is 2.68. The van der Waals surface area contributed by atoms with Crippen LogP contribution in [-0.2, 0) is 20.1 Å². The predicted octanol–water partition coefficient (Wildman–Crippen LogP) is 2.62. The fourth-order valence-corrected chi connectivity index (χ4v) is 2.37. The van der Waals surface area contributed by atoms with E-state index in [4.69, 9.17) is 0 Å². The highest BCUT2D eigenvalue weighted by molar-refractivity contribution is 14.1. The number of aryl methyl sites for hydroxylation is 2. The van der Waals surface area contributed by atoms with Gasteiger partial charge in [0.15, 0.2) is 0 Å². The Labute approximate surface area is 115 Å². The summed E-state index contributed by atoms with van der Waals surface area (Å²) in [7, 11) is 1.98. The fraction of sp³-hybridized carbons (Fsp3) is 0.308. The van der Waals surface area contributed by atoms with Gasteiger partial charge in [0.2, 0.25) is 0 Å². The summed E-state index contributed by atoms with van der Waals surface area (Å²) in [4.78, 5) is 0. The van der Waals surface area contributed by atoms with Gasteiger partial charge in [-0.15, -0.1) is 0 Å². The van der Waals surface area contributed by atoms with E-state index in [0.717, 1.165) is 18.8 Å². The molecule has 2 aromatic rings. The number of benzene rings is 1. The molecule has 0 saturated heterocycles. The van der Waals surface area contributed by atoms with Crippen LogP contribution >= 0.6 is 22.6 Å². The highest BCUT2D eigenvalue weighted by atomic mass is 127. The van der Waals surface area contributed by atoms with Crippen molar-refractivity contribution >= 4 is 22.6 Å².